The molecule has 0 spiro atoms. The Hall–Kier alpha value is -1.78. The van der Waals surface area contributed by atoms with E-state index in [1.54, 1.807) is 5.57 Å². The highest BCUT2D eigenvalue weighted by Gasteiger charge is 2.56. The third-order valence-corrected chi connectivity index (χ3v) is 8.27. The minimum Gasteiger partial charge on any atom is -0.462 e. The first-order chi connectivity index (χ1) is 12.9. The van der Waals surface area contributed by atoms with E-state index in [4.69, 9.17) is 9.26 Å². The van der Waals surface area contributed by atoms with Crippen LogP contribution in [0.1, 0.15) is 64.9 Å². The predicted octanol–water partition coefficient (Wildman–Crippen LogP) is 4.50. The number of rotatable bonds is 1. The van der Waals surface area contributed by atoms with E-state index in [0.29, 0.717) is 11.8 Å². The number of hydrogen-bond donors (Lipinski definition) is 1. The topological polar surface area (TPSA) is 64.4 Å². The highest BCUT2D eigenvalue weighted by Crippen LogP contribution is 2.61. The van der Waals surface area contributed by atoms with Gasteiger partial charge < -0.3 is 14.6 Å². The Kier molecular flexibility index (Phi) is 3.76. The van der Waals surface area contributed by atoms with Crippen molar-refractivity contribution in [1.82, 2.24) is 5.16 Å². The van der Waals surface area contributed by atoms with Gasteiger partial charge in [0.15, 0.2) is 5.82 Å². The normalized spacial score (nSPS) is 42.6. The van der Waals surface area contributed by atoms with Crippen molar-refractivity contribution in [3.8, 4) is 0 Å². The number of allylic oxidation sites excluding steroid dienone is 1. The van der Waals surface area contributed by atoms with Gasteiger partial charge in [0.05, 0.1) is 0 Å². The molecular formula is C22H30N2O3. The van der Waals surface area contributed by atoms with Crippen LogP contribution in [0.3, 0.4) is 0 Å². The fraction of sp³-hybridized carbons (Fsp3) is 0.727. The number of aromatic nitrogens is 1. The summed E-state index contributed by atoms with van der Waals surface area (Å²) in [5.74, 6) is 2.83. The SMILES string of the molecule is CC(=O)O[C@H]1CC[C@@]2(C)C(=CC[C@@H]3[C@@H]2CC[C@]2(C)Nc4nocc4C[C@@H]32)C1. The summed E-state index contributed by atoms with van der Waals surface area (Å²) in [5.41, 5.74) is 3.15. The second-order valence-corrected chi connectivity index (χ2v) is 9.71. The number of nitrogens with one attached hydrogen (secondary N) is 1. The van der Waals surface area contributed by atoms with Crippen LogP contribution in [-0.4, -0.2) is 22.8 Å². The first-order valence-corrected chi connectivity index (χ1v) is 10.5. The maximum atomic E-state index is 11.4. The molecule has 2 saturated carbocycles. The number of carbonyl (C=O) groups excluding carboxylic acids is 1. The molecule has 0 radical (unpaired) electrons. The molecule has 1 N–H and O–H groups in total. The van der Waals surface area contributed by atoms with Crippen molar-refractivity contribution in [3.63, 3.8) is 0 Å². The lowest BCUT2D eigenvalue weighted by Crippen LogP contribution is -2.58. The number of hydrogen-bond acceptors (Lipinski definition) is 5. The summed E-state index contributed by atoms with van der Waals surface area (Å²) in [6, 6.07) is 0. The molecule has 2 fully saturated rings. The zero-order valence-electron chi connectivity index (χ0n) is 16.6. The Bertz CT molecular complexity index is 799. The number of nitrogens with zero attached hydrogens (tertiary/aromatic N) is 1. The Balaban J connectivity index is 1.44. The van der Waals surface area contributed by atoms with Crippen LogP contribution >= 0.6 is 0 Å². The molecule has 1 aliphatic heterocycles. The van der Waals surface area contributed by atoms with Gasteiger partial charge in [0.25, 0.3) is 0 Å². The third kappa shape index (κ3) is 2.57. The van der Waals surface area contributed by atoms with Crippen molar-refractivity contribution >= 4 is 11.8 Å². The molecule has 3 aliphatic carbocycles. The van der Waals surface area contributed by atoms with E-state index in [1.165, 1.54) is 25.3 Å². The van der Waals surface area contributed by atoms with Crippen molar-refractivity contribution < 1.29 is 14.1 Å². The van der Waals surface area contributed by atoms with Gasteiger partial charge in [0.2, 0.25) is 0 Å². The Labute approximate surface area is 160 Å². The quantitative estimate of drug-likeness (QED) is 0.583. The fourth-order valence-electron chi connectivity index (χ4n) is 6.83. The number of carbonyl (C=O) groups is 1. The van der Waals surface area contributed by atoms with Gasteiger partial charge in [0, 0.05) is 24.4 Å². The summed E-state index contributed by atoms with van der Waals surface area (Å²) in [6.07, 6.45) is 12.1. The van der Waals surface area contributed by atoms with Gasteiger partial charge in [0.1, 0.15) is 12.4 Å². The average Bonchev–Trinajstić information content (AvgIpc) is 3.05. The summed E-state index contributed by atoms with van der Waals surface area (Å²) in [7, 11) is 0. The first kappa shape index (κ1) is 17.3. The summed E-state index contributed by atoms with van der Waals surface area (Å²) in [4.78, 5) is 11.4. The maximum absolute atomic E-state index is 11.4. The molecule has 146 valence electrons. The van der Waals surface area contributed by atoms with Crippen LogP contribution in [0.5, 0.6) is 0 Å². The molecule has 2 heterocycles. The first-order valence-electron chi connectivity index (χ1n) is 10.5. The molecule has 5 heteroatoms. The molecule has 0 bridgehead atoms. The molecule has 1 aromatic rings. The molecular weight excluding hydrogens is 340 g/mol. The second-order valence-electron chi connectivity index (χ2n) is 9.71. The minimum absolute atomic E-state index is 0.0724. The number of anilines is 1. The van der Waals surface area contributed by atoms with E-state index in [-0.39, 0.29) is 23.0 Å². The lowest BCUT2D eigenvalue weighted by molar-refractivity contribution is -0.148. The standard InChI is InChI=1S/C22H30N2O3/c1-13(25)27-16-6-8-21(2)15(11-16)4-5-17-18(21)7-9-22(3)19(17)10-14-12-26-24-20(14)23-22/h4,12,16-19H,5-11H2,1-3H3,(H,23,24)/t16-,17+,18-,19-,21-,22-/m0/s1. The zero-order valence-corrected chi connectivity index (χ0v) is 16.6. The predicted molar refractivity (Wildman–Crippen MR) is 102 cm³/mol. The van der Waals surface area contributed by atoms with Crippen molar-refractivity contribution in [2.45, 2.75) is 77.4 Å². The molecule has 0 saturated heterocycles. The van der Waals surface area contributed by atoms with E-state index >= 15 is 0 Å². The molecule has 0 unspecified atom stereocenters. The van der Waals surface area contributed by atoms with Crippen LogP contribution in [0.15, 0.2) is 22.4 Å². The van der Waals surface area contributed by atoms with E-state index in [2.05, 4.69) is 30.4 Å². The van der Waals surface area contributed by atoms with E-state index < -0.39 is 0 Å². The minimum atomic E-state index is -0.149. The zero-order chi connectivity index (χ0) is 18.8. The van der Waals surface area contributed by atoms with Crippen LogP contribution in [0.2, 0.25) is 0 Å². The highest BCUT2D eigenvalue weighted by atomic mass is 16.5. The monoisotopic (exact) mass is 370 g/mol. The Morgan fingerprint density at radius 2 is 2.11 bits per heavy atom. The van der Waals surface area contributed by atoms with Crippen LogP contribution < -0.4 is 5.32 Å². The molecule has 4 aliphatic rings. The average molecular weight is 370 g/mol. The van der Waals surface area contributed by atoms with Gasteiger partial charge in [-0.15, -0.1) is 0 Å². The summed E-state index contributed by atoms with van der Waals surface area (Å²) < 4.78 is 10.8. The lowest BCUT2D eigenvalue weighted by Gasteiger charge is -2.59. The van der Waals surface area contributed by atoms with Gasteiger partial charge in [-0.05, 0) is 68.6 Å². The van der Waals surface area contributed by atoms with Gasteiger partial charge in [-0.25, -0.2) is 0 Å². The molecule has 0 aromatic carbocycles. The van der Waals surface area contributed by atoms with Crippen LogP contribution in [0.25, 0.3) is 0 Å². The van der Waals surface area contributed by atoms with Gasteiger partial charge >= 0.3 is 5.97 Å². The highest BCUT2D eigenvalue weighted by molar-refractivity contribution is 5.66. The van der Waals surface area contributed by atoms with Crippen molar-refractivity contribution in [1.29, 1.82) is 0 Å². The molecule has 27 heavy (non-hydrogen) atoms. The van der Waals surface area contributed by atoms with Crippen LogP contribution in [0, 0.1) is 23.2 Å². The van der Waals surface area contributed by atoms with Crippen LogP contribution in [0.4, 0.5) is 5.82 Å². The van der Waals surface area contributed by atoms with E-state index in [0.717, 1.165) is 43.8 Å². The fourth-order valence-corrected chi connectivity index (χ4v) is 6.83. The maximum Gasteiger partial charge on any atom is 0.302 e. The van der Waals surface area contributed by atoms with Gasteiger partial charge in [-0.1, -0.05) is 23.7 Å². The smallest absolute Gasteiger partial charge is 0.302 e. The molecule has 1 aromatic heterocycles. The Morgan fingerprint density at radius 3 is 2.93 bits per heavy atom. The third-order valence-electron chi connectivity index (χ3n) is 8.27. The number of ether oxygens (including phenoxy) is 1. The molecule has 6 atom stereocenters. The van der Waals surface area contributed by atoms with Crippen molar-refractivity contribution in [2.24, 2.45) is 23.2 Å². The van der Waals surface area contributed by atoms with Crippen molar-refractivity contribution in [3.05, 3.63) is 23.5 Å². The second kappa shape index (κ2) is 5.86. The Morgan fingerprint density at radius 1 is 1.26 bits per heavy atom. The van der Waals surface area contributed by atoms with Crippen LogP contribution in [-0.2, 0) is 16.0 Å². The van der Waals surface area contributed by atoms with Crippen molar-refractivity contribution in [2.75, 3.05) is 5.32 Å². The molecule has 5 nitrogen and oxygen atoms in total. The lowest BCUT2D eigenvalue weighted by atomic mass is 9.48. The largest absolute Gasteiger partial charge is 0.462 e. The van der Waals surface area contributed by atoms with Gasteiger partial charge in [-0.2, -0.15) is 0 Å². The van der Waals surface area contributed by atoms with Gasteiger partial charge in [-0.3, -0.25) is 4.79 Å². The molecule has 5 rings (SSSR count). The summed E-state index contributed by atoms with van der Waals surface area (Å²) >= 11 is 0. The number of esters is 1. The number of fused-ring (bicyclic) bond motifs is 6. The summed E-state index contributed by atoms with van der Waals surface area (Å²) in [6.45, 7) is 6.38. The molecule has 0 amide bonds. The summed E-state index contributed by atoms with van der Waals surface area (Å²) in [5, 5.41) is 7.89. The van der Waals surface area contributed by atoms with E-state index in [1.807, 2.05) is 6.26 Å². The van der Waals surface area contributed by atoms with E-state index in [9.17, 15) is 4.79 Å².